The first-order chi connectivity index (χ1) is 8.69. The van der Waals surface area contributed by atoms with Gasteiger partial charge in [-0.1, -0.05) is 20.3 Å². The van der Waals surface area contributed by atoms with E-state index in [2.05, 4.69) is 19.2 Å². The summed E-state index contributed by atoms with van der Waals surface area (Å²) in [6.45, 7) is 5.27. The lowest BCUT2D eigenvalue weighted by molar-refractivity contribution is 0.615. The Labute approximate surface area is 114 Å². The molecule has 1 aliphatic rings. The second-order valence-electron chi connectivity index (χ2n) is 5.23. The van der Waals surface area contributed by atoms with Crippen LogP contribution in [0.4, 0.5) is 4.39 Å². The average molecular weight is 267 g/mol. The van der Waals surface area contributed by atoms with E-state index in [0.717, 1.165) is 17.9 Å². The zero-order valence-electron chi connectivity index (χ0n) is 11.2. The summed E-state index contributed by atoms with van der Waals surface area (Å²) < 4.78 is 13.3. The molecule has 0 radical (unpaired) electrons. The van der Waals surface area contributed by atoms with Gasteiger partial charge in [0.2, 0.25) is 0 Å². The minimum Gasteiger partial charge on any atom is -0.310 e. The number of nitrogens with one attached hydrogen (secondary N) is 1. The first-order valence-electron chi connectivity index (χ1n) is 6.83. The molecule has 1 saturated carbocycles. The van der Waals surface area contributed by atoms with Crippen molar-refractivity contribution in [2.45, 2.75) is 50.6 Å². The lowest BCUT2D eigenvalue weighted by Crippen LogP contribution is -2.16. The lowest BCUT2D eigenvalue weighted by atomic mass is 10.2. The standard InChI is InChI=1S/C15H22FNS/c1-3-11(2)10-18-15-7-4-13(16)8-12(15)9-17-14-5-6-14/h4,7-8,11,14,17H,3,5-6,9-10H2,1-2H3. The molecule has 0 spiro atoms. The van der Waals surface area contributed by atoms with Crippen molar-refractivity contribution in [3.63, 3.8) is 0 Å². The van der Waals surface area contributed by atoms with Crippen LogP contribution < -0.4 is 5.32 Å². The Morgan fingerprint density at radius 1 is 1.44 bits per heavy atom. The fourth-order valence-corrected chi connectivity index (χ4v) is 2.90. The Hall–Kier alpha value is -0.540. The van der Waals surface area contributed by atoms with Crippen LogP contribution in [0.3, 0.4) is 0 Å². The predicted octanol–water partition coefficient (Wildman–Crippen LogP) is 4.22. The van der Waals surface area contributed by atoms with E-state index in [1.165, 1.54) is 24.2 Å². The molecule has 1 unspecified atom stereocenters. The highest BCUT2D eigenvalue weighted by Crippen LogP contribution is 2.27. The molecule has 0 bridgehead atoms. The van der Waals surface area contributed by atoms with E-state index in [4.69, 9.17) is 0 Å². The van der Waals surface area contributed by atoms with Gasteiger partial charge >= 0.3 is 0 Å². The maximum absolute atomic E-state index is 13.3. The quantitative estimate of drug-likeness (QED) is 0.742. The van der Waals surface area contributed by atoms with E-state index >= 15 is 0 Å². The molecule has 0 saturated heterocycles. The van der Waals surface area contributed by atoms with Gasteiger partial charge in [0.25, 0.3) is 0 Å². The maximum atomic E-state index is 13.3. The van der Waals surface area contributed by atoms with Crippen molar-refractivity contribution < 1.29 is 4.39 Å². The number of hydrogen-bond donors (Lipinski definition) is 1. The minimum atomic E-state index is -0.129. The van der Waals surface area contributed by atoms with Crippen molar-refractivity contribution in [2.75, 3.05) is 5.75 Å². The summed E-state index contributed by atoms with van der Waals surface area (Å²) in [5, 5.41) is 3.46. The molecule has 1 nitrogen and oxygen atoms in total. The van der Waals surface area contributed by atoms with Crippen molar-refractivity contribution in [3.8, 4) is 0 Å². The lowest BCUT2D eigenvalue weighted by Gasteiger charge is -2.12. The number of halogens is 1. The normalized spacial score (nSPS) is 16.8. The van der Waals surface area contributed by atoms with Crippen LogP contribution in [-0.4, -0.2) is 11.8 Å². The highest BCUT2D eigenvalue weighted by atomic mass is 32.2. The molecule has 2 rings (SSSR count). The van der Waals surface area contributed by atoms with Gasteiger partial charge in [-0.2, -0.15) is 0 Å². The van der Waals surface area contributed by atoms with Gasteiger partial charge < -0.3 is 5.32 Å². The summed E-state index contributed by atoms with van der Waals surface area (Å²) in [5.41, 5.74) is 1.11. The van der Waals surface area contributed by atoms with Crippen molar-refractivity contribution >= 4 is 11.8 Å². The van der Waals surface area contributed by atoms with Gasteiger partial charge in [0.15, 0.2) is 0 Å². The number of thioether (sulfide) groups is 1. The van der Waals surface area contributed by atoms with Crippen LogP contribution in [0.1, 0.15) is 38.7 Å². The molecule has 0 aliphatic heterocycles. The van der Waals surface area contributed by atoms with Crippen molar-refractivity contribution in [2.24, 2.45) is 5.92 Å². The Balaban J connectivity index is 1.97. The maximum Gasteiger partial charge on any atom is 0.123 e. The van der Waals surface area contributed by atoms with Gasteiger partial charge in [-0.25, -0.2) is 4.39 Å². The number of rotatable bonds is 7. The summed E-state index contributed by atoms with van der Waals surface area (Å²) in [6, 6.07) is 5.83. The highest BCUT2D eigenvalue weighted by Gasteiger charge is 2.20. The molecule has 100 valence electrons. The van der Waals surface area contributed by atoms with E-state index in [1.807, 2.05) is 17.8 Å². The first-order valence-corrected chi connectivity index (χ1v) is 7.82. The van der Waals surface area contributed by atoms with E-state index < -0.39 is 0 Å². The molecule has 1 aromatic rings. The molecule has 1 aromatic carbocycles. The molecular weight excluding hydrogens is 245 g/mol. The Morgan fingerprint density at radius 3 is 2.89 bits per heavy atom. The second kappa shape index (κ2) is 6.58. The third-order valence-corrected chi connectivity index (χ3v) is 4.85. The molecule has 3 heteroatoms. The summed E-state index contributed by atoms with van der Waals surface area (Å²) in [7, 11) is 0. The van der Waals surface area contributed by atoms with Crippen LogP contribution in [0.5, 0.6) is 0 Å². The van der Waals surface area contributed by atoms with E-state index in [0.29, 0.717) is 12.0 Å². The predicted molar refractivity (Wildman–Crippen MR) is 76.4 cm³/mol. The van der Waals surface area contributed by atoms with Crippen LogP contribution in [0.15, 0.2) is 23.1 Å². The van der Waals surface area contributed by atoms with E-state index in [-0.39, 0.29) is 5.82 Å². The Morgan fingerprint density at radius 2 is 2.22 bits per heavy atom. The molecule has 0 aromatic heterocycles. The van der Waals surface area contributed by atoms with Crippen LogP contribution in [0, 0.1) is 11.7 Å². The molecular formula is C15H22FNS. The van der Waals surface area contributed by atoms with Gasteiger partial charge in [-0.3, -0.25) is 0 Å². The Kier molecular flexibility index (Phi) is 5.07. The summed E-state index contributed by atoms with van der Waals surface area (Å²) in [4.78, 5) is 1.23. The average Bonchev–Trinajstić information content (AvgIpc) is 3.18. The monoisotopic (exact) mass is 267 g/mol. The van der Waals surface area contributed by atoms with Gasteiger partial charge in [0, 0.05) is 23.2 Å². The third-order valence-electron chi connectivity index (χ3n) is 3.40. The van der Waals surface area contributed by atoms with Crippen LogP contribution in [0.2, 0.25) is 0 Å². The molecule has 1 atom stereocenters. The molecule has 1 fully saturated rings. The Bertz CT molecular complexity index is 390. The second-order valence-corrected chi connectivity index (χ2v) is 6.29. The molecule has 1 aliphatic carbocycles. The number of hydrogen-bond acceptors (Lipinski definition) is 2. The van der Waals surface area contributed by atoms with Crippen LogP contribution in [-0.2, 0) is 6.54 Å². The fourth-order valence-electron chi connectivity index (χ4n) is 1.72. The van der Waals surface area contributed by atoms with Gasteiger partial charge in [-0.15, -0.1) is 11.8 Å². The fraction of sp³-hybridized carbons (Fsp3) is 0.600. The van der Waals surface area contributed by atoms with Crippen LogP contribution >= 0.6 is 11.8 Å². The summed E-state index contributed by atoms with van der Waals surface area (Å²) in [6.07, 6.45) is 3.74. The highest BCUT2D eigenvalue weighted by molar-refractivity contribution is 7.99. The largest absolute Gasteiger partial charge is 0.310 e. The summed E-state index contributed by atoms with van der Waals surface area (Å²) in [5.74, 6) is 1.69. The summed E-state index contributed by atoms with van der Waals surface area (Å²) >= 11 is 1.85. The third kappa shape index (κ3) is 4.29. The zero-order valence-corrected chi connectivity index (χ0v) is 12.0. The van der Waals surface area contributed by atoms with Gasteiger partial charge in [0.1, 0.15) is 5.82 Å². The molecule has 0 heterocycles. The topological polar surface area (TPSA) is 12.0 Å². The van der Waals surface area contributed by atoms with E-state index in [1.54, 1.807) is 12.1 Å². The van der Waals surface area contributed by atoms with Gasteiger partial charge in [-0.05, 0) is 42.5 Å². The number of benzene rings is 1. The van der Waals surface area contributed by atoms with Gasteiger partial charge in [0.05, 0.1) is 0 Å². The minimum absolute atomic E-state index is 0.129. The van der Waals surface area contributed by atoms with E-state index in [9.17, 15) is 4.39 Å². The smallest absolute Gasteiger partial charge is 0.123 e. The molecule has 0 amide bonds. The van der Waals surface area contributed by atoms with Crippen molar-refractivity contribution in [1.29, 1.82) is 0 Å². The molecule has 18 heavy (non-hydrogen) atoms. The van der Waals surface area contributed by atoms with Crippen molar-refractivity contribution in [3.05, 3.63) is 29.6 Å². The van der Waals surface area contributed by atoms with Crippen molar-refractivity contribution in [1.82, 2.24) is 5.32 Å². The first kappa shape index (κ1) is 13.9. The van der Waals surface area contributed by atoms with Crippen LogP contribution in [0.25, 0.3) is 0 Å². The zero-order chi connectivity index (χ0) is 13.0. The SMILES string of the molecule is CCC(C)CSc1ccc(F)cc1CNC1CC1. The molecule has 1 N–H and O–H groups in total.